The van der Waals surface area contributed by atoms with Crippen molar-refractivity contribution in [2.45, 2.75) is 12.5 Å². The van der Waals surface area contributed by atoms with Gasteiger partial charge in [-0.05, 0) is 17.7 Å². The number of carbonyl (C=O) groups excluding carboxylic acids is 1. The molecule has 0 radical (unpaired) electrons. The summed E-state index contributed by atoms with van der Waals surface area (Å²) in [5.74, 6) is -0.518. The lowest BCUT2D eigenvalue weighted by atomic mass is 10.0. The minimum atomic E-state index is -2.63. The van der Waals surface area contributed by atoms with Crippen LogP contribution in [0.3, 0.4) is 0 Å². The molecule has 2 N–H and O–H groups in total. The number of likely N-dealkylation sites (N-methyl/N-ethyl adjacent to an activating group) is 1. The smallest absolute Gasteiger partial charge is 0.289 e. The van der Waals surface area contributed by atoms with Crippen LogP contribution >= 0.6 is 11.3 Å². The fourth-order valence-electron chi connectivity index (χ4n) is 4.38. The molecule has 0 saturated heterocycles. The lowest BCUT2D eigenvalue weighted by Crippen LogP contribution is -2.32. The minimum absolute atomic E-state index is 0.124. The summed E-state index contributed by atoms with van der Waals surface area (Å²) in [6, 6.07) is 7.44. The van der Waals surface area contributed by atoms with Gasteiger partial charge in [0.05, 0.1) is 40.0 Å². The van der Waals surface area contributed by atoms with Crippen molar-refractivity contribution in [2.75, 3.05) is 19.4 Å². The van der Waals surface area contributed by atoms with E-state index in [-0.39, 0.29) is 23.0 Å². The fourth-order valence-corrected chi connectivity index (χ4v) is 5.15. The highest BCUT2D eigenvalue weighted by molar-refractivity contribution is 7.15. The normalized spacial score (nSPS) is 15.0. The molecule has 8 nitrogen and oxygen atoms in total. The van der Waals surface area contributed by atoms with Crippen molar-refractivity contribution < 1.29 is 22.7 Å². The van der Waals surface area contributed by atoms with Gasteiger partial charge in [-0.25, -0.2) is 28.1 Å². The number of nitrogens with zero attached hydrogens (tertiary/aromatic N) is 5. The Balaban J connectivity index is 1.32. The van der Waals surface area contributed by atoms with E-state index in [0.29, 0.717) is 32.7 Å². The van der Waals surface area contributed by atoms with Crippen LogP contribution in [-0.4, -0.2) is 43.8 Å². The molecule has 1 amide bonds. The number of alkyl halides is 2. The van der Waals surface area contributed by atoms with Gasteiger partial charge in [0.2, 0.25) is 0 Å². The monoisotopic (exact) mass is 510 g/mol. The number of thiazole rings is 1. The van der Waals surface area contributed by atoms with E-state index < -0.39 is 24.2 Å². The number of rotatable bonds is 4. The van der Waals surface area contributed by atoms with E-state index in [1.54, 1.807) is 35.8 Å². The van der Waals surface area contributed by atoms with Gasteiger partial charge >= 0.3 is 0 Å². The molecule has 36 heavy (non-hydrogen) atoms. The van der Waals surface area contributed by atoms with Crippen molar-refractivity contribution in [1.29, 1.82) is 0 Å². The van der Waals surface area contributed by atoms with E-state index in [4.69, 9.17) is 10.5 Å². The van der Waals surface area contributed by atoms with Gasteiger partial charge in [0, 0.05) is 24.9 Å². The Kier molecular flexibility index (Phi) is 5.07. The second-order valence-electron chi connectivity index (χ2n) is 8.33. The molecule has 6 rings (SSSR count). The number of imidazole rings is 1. The van der Waals surface area contributed by atoms with Gasteiger partial charge in [0.25, 0.3) is 12.3 Å². The Bertz CT molecular complexity index is 1670. The SMILES string of the molecule is CN(C(=O)c1cc2c(cc1F)nc(N)c1cncn12)[C@@H]1COc2cc(-c3cnc(C(F)F)s3)ccc21. The zero-order valence-corrected chi connectivity index (χ0v) is 19.5. The lowest BCUT2D eigenvalue weighted by molar-refractivity contribution is 0.0704. The number of amides is 1. The zero-order valence-electron chi connectivity index (χ0n) is 18.7. The lowest BCUT2D eigenvalue weighted by Gasteiger charge is -2.24. The third-order valence-electron chi connectivity index (χ3n) is 6.25. The van der Waals surface area contributed by atoms with E-state index in [1.807, 2.05) is 0 Å². The van der Waals surface area contributed by atoms with E-state index in [9.17, 15) is 13.6 Å². The van der Waals surface area contributed by atoms with Crippen LogP contribution in [0, 0.1) is 5.82 Å². The number of carbonyl (C=O) groups is 1. The molecule has 1 aliphatic heterocycles. The maximum absolute atomic E-state index is 15.0. The van der Waals surface area contributed by atoms with E-state index >= 15 is 4.39 Å². The molecule has 4 heterocycles. The van der Waals surface area contributed by atoms with Crippen LogP contribution in [-0.2, 0) is 0 Å². The van der Waals surface area contributed by atoms with Crippen molar-refractivity contribution in [3.8, 4) is 16.2 Å². The van der Waals surface area contributed by atoms with Crippen LogP contribution < -0.4 is 10.5 Å². The summed E-state index contributed by atoms with van der Waals surface area (Å²) in [4.78, 5) is 27.4. The number of nitrogen functional groups attached to an aromatic ring is 1. The summed E-state index contributed by atoms with van der Waals surface area (Å²) >= 11 is 0.911. The standard InChI is InChI=1S/C24H17F3N6O2S/c1-32(18-9-35-19-4-11(2-3-12(18)19)20-8-30-23(36-20)21(26)27)24(34)13-5-16-15(6-14(13)25)31-22(28)17-7-29-10-33(16)17/h2-8,10,18,21H,9H2,1H3,(H2,28,31)/t18-/m1/s1. The molecule has 0 aliphatic carbocycles. The third kappa shape index (κ3) is 3.44. The van der Waals surface area contributed by atoms with Crippen LogP contribution in [0.5, 0.6) is 5.75 Å². The first-order chi connectivity index (χ1) is 17.3. The second-order valence-corrected chi connectivity index (χ2v) is 9.39. The Labute approximate surface area is 205 Å². The molecule has 0 spiro atoms. The first-order valence-corrected chi connectivity index (χ1v) is 11.6. The van der Waals surface area contributed by atoms with Crippen LogP contribution in [0.1, 0.15) is 33.4 Å². The predicted molar refractivity (Wildman–Crippen MR) is 128 cm³/mol. The van der Waals surface area contributed by atoms with Gasteiger partial charge < -0.3 is 15.4 Å². The molecule has 0 bridgehead atoms. The first-order valence-electron chi connectivity index (χ1n) is 10.8. The van der Waals surface area contributed by atoms with Crippen molar-refractivity contribution in [3.63, 3.8) is 0 Å². The molecule has 182 valence electrons. The Morgan fingerprint density at radius 2 is 2.08 bits per heavy atom. The van der Waals surface area contributed by atoms with E-state index in [2.05, 4.69) is 15.0 Å². The number of hydrogen-bond acceptors (Lipinski definition) is 7. The summed E-state index contributed by atoms with van der Waals surface area (Å²) in [6.45, 7) is 0.172. The number of aromatic nitrogens is 4. The molecule has 1 atom stereocenters. The third-order valence-corrected chi connectivity index (χ3v) is 7.30. The molecular formula is C24H17F3N6O2S. The molecule has 5 aromatic rings. The van der Waals surface area contributed by atoms with Crippen LogP contribution in [0.15, 0.2) is 49.1 Å². The van der Waals surface area contributed by atoms with Crippen molar-refractivity contribution >= 4 is 39.6 Å². The molecule has 3 aromatic heterocycles. The maximum atomic E-state index is 15.0. The number of fused-ring (bicyclic) bond motifs is 4. The van der Waals surface area contributed by atoms with Gasteiger partial charge in [-0.2, -0.15) is 0 Å². The molecule has 2 aromatic carbocycles. The van der Waals surface area contributed by atoms with Crippen molar-refractivity contribution in [3.05, 3.63) is 71.0 Å². The Morgan fingerprint density at radius 1 is 1.25 bits per heavy atom. The van der Waals surface area contributed by atoms with Gasteiger partial charge in [-0.1, -0.05) is 12.1 Å². The van der Waals surface area contributed by atoms with Gasteiger partial charge in [-0.3, -0.25) is 9.20 Å². The first kappa shape index (κ1) is 22.3. The van der Waals surface area contributed by atoms with Gasteiger partial charge in [0.15, 0.2) is 5.01 Å². The topological polar surface area (TPSA) is 98.6 Å². The predicted octanol–water partition coefficient (Wildman–Crippen LogP) is 4.87. The number of benzene rings is 2. The number of ether oxygens (including phenoxy) is 1. The zero-order chi connectivity index (χ0) is 25.1. The second kappa shape index (κ2) is 8.19. The highest BCUT2D eigenvalue weighted by atomic mass is 32.1. The highest BCUT2D eigenvalue weighted by Crippen LogP contribution is 2.40. The number of nitrogens with two attached hydrogens (primary N) is 1. The van der Waals surface area contributed by atoms with Crippen LogP contribution in [0.4, 0.5) is 19.0 Å². The molecule has 1 aliphatic rings. The quantitative estimate of drug-likeness (QED) is 0.370. The maximum Gasteiger partial charge on any atom is 0.289 e. The number of halogens is 3. The molecule has 0 fully saturated rings. The fraction of sp³-hybridized carbons (Fsp3) is 0.167. The summed E-state index contributed by atoms with van der Waals surface area (Å²) in [5.41, 5.74) is 8.58. The molecule has 0 unspecified atom stereocenters. The van der Waals surface area contributed by atoms with Gasteiger partial charge in [-0.15, -0.1) is 11.3 Å². The van der Waals surface area contributed by atoms with Crippen LogP contribution in [0.2, 0.25) is 0 Å². The number of anilines is 1. The summed E-state index contributed by atoms with van der Waals surface area (Å²) < 4.78 is 48.3. The minimum Gasteiger partial charge on any atom is -0.491 e. The van der Waals surface area contributed by atoms with Crippen molar-refractivity contribution in [1.82, 2.24) is 24.3 Å². The van der Waals surface area contributed by atoms with E-state index in [0.717, 1.165) is 16.9 Å². The van der Waals surface area contributed by atoms with Crippen molar-refractivity contribution in [2.24, 2.45) is 0 Å². The Morgan fingerprint density at radius 3 is 2.86 bits per heavy atom. The molecule has 0 saturated carbocycles. The van der Waals surface area contributed by atoms with Gasteiger partial charge in [0.1, 0.15) is 29.5 Å². The summed E-state index contributed by atoms with van der Waals surface area (Å²) in [6.07, 6.45) is 1.84. The summed E-state index contributed by atoms with van der Waals surface area (Å²) in [5, 5.41) is -0.252. The average molecular weight is 511 g/mol. The molecule has 12 heteroatoms. The highest BCUT2D eigenvalue weighted by Gasteiger charge is 2.32. The largest absolute Gasteiger partial charge is 0.491 e. The average Bonchev–Trinajstić information content (AvgIpc) is 3.62. The summed E-state index contributed by atoms with van der Waals surface area (Å²) in [7, 11) is 1.58. The van der Waals surface area contributed by atoms with E-state index in [1.165, 1.54) is 29.6 Å². The Hall–Kier alpha value is -4.19. The number of hydrogen-bond donors (Lipinski definition) is 1. The van der Waals surface area contributed by atoms with Crippen LogP contribution in [0.25, 0.3) is 27.0 Å². The molecular weight excluding hydrogens is 493 g/mol.